The van der Waals surface area contributed by atoms with Gasteiger partial charge in [0, 0.05) is 17.5 Å². The minimum absolute atomic E-state index is 0.183. The number of carbonyl (C=O) groups is 1. The number of halogens is 2. The van der Waals surface area contributed by atoms with Crippen LogP contribution >= 0.6 is 23.2 Å². The molecule has 1 heterocycles. The van der Waals surface area contributed by atoms with Crippen LogP contribution in [0.2, 0.25) is 10.0 Å². The van der Waals surface area contributed by atoms with E-state index in [0.29, 0.717) is 28.0 Å². The lowest BCUT2D eigenvalue weighted by molar-refractivity contribution is -0.116. The summed E-state index contributed by atoms with van der Waals surface area (Å²) >= 11 is 11.8. The molecule has 0 saturated carbocycles. The highest BCUT2D eigenvalue weighted by Crippen LogP contribution is 2.25. The molecule has 1 atom stereocenters. The number of aromatic nitrogens is 3. The van der Waals surface area contributed by atoms with E-state index in [0.717, 1.165) is 0 Å². The van der Waals surface area contributed by atoms with Crippen molar-refractivity contribution < 1.29 is 4.79 Å². The predicted molar refractivity (Wildman–Crippen MR) is 82.3 cm³/mol. The average molecular weight is 328 g/mol. The number of nitrogens with zero attached hydrogens (tertiary/aromatic N) is 3. The van der Waals surface area contributed by atoms with Gasteiger partial charge < -0.3 is 11.1 Å². The van der Waals surface area contributed by atoms with Crippen molar-refractivity contribution in [2.45, 2.75) is 25.9 Å². The lowest BCUT2D eigenvalue weighted by atomic mass is 10.3. The Morgan fingerprint density at radius 1 is 1.48 bits per heavy atom. The standard InChI is InChI=1S/C13H15Cl2N5O/c1-8(16)12-7-20(19-18-12)5-4-13(21)17-11-6-9(14)2-3-10(11)15/h2-3,6-8H,4-5,16H2,1H3,(H,17,21). The maximum absolute atomic E-state index is 11.9. The number of rotatable bonds is 5. The van der Waals surface area contributed by atoms with Gasteiger partial charge in [0.2, 0.25) is 5.91 Å². The number of hydrogen-bond acceptors (Lipinski definition) is 4. The zero-order valence-electron chi connectivity index (χ0n) is 11.4. The van der Waals surface area contributed by atoms with Gasteiger partial charge in [-0.1, -0.05) is 28.4 Å². The van der Waals surface area contributed by atoms with Crippen molar-refractivity contribution in [3.05, 3.63) is 40.1 Å². The Bertz CT molecular complexity index is 641. The fraction of sp³-hybridized carbons (Fsp3) is 0.308. The van der Waals surface area contributed by atoms with Gasteiger partial charge in [0.1, 0.15) is 0 Å². The topological polar surface area (TPSA) is 85.8 Å². The molecule has 8 heteroatoms. The summed E-state index contributed by atoms with van der Waals surface area (Å²) in [7, 11) is 0. The molecule has 0 spiro atoms. The highest BCUT2D eigenvalue weighted by molar-refractivity contribution is 6.35. The molecule has 1 aromatic carbocycles. The number of hydrogen-bond donors (Lipinski definition) is 2. The number of nitrogens with two attached hydrogens (primary N) is 1. The summed E-state index contributed by atoms with van der Waals surface area (Å²) in [5.74, 6) is -0.183. The summed E-state index contributed by atoms with van der Waals surface area (Å²) < 4.78 is 1.58. The van der Waals surface area contributed by atoms with E-state index >= 15 is 0 Å². The molecular weight excluding hydrogens is 313 g/mol. The molecule has 1 unspecified atom stereocenters. The summed E-state index contributed by atoms with van der Waals surface area (Å²) in [5, 5.41) is 11.5. The molecule has 0 saturated heterocycles. The highest BCUT2D eigenvalue weighted by atomic mass is 35.5. The van der Waals surface area contributed by atoms with Crippen LogP contribution in [0.1, 0.15) is 25.1 Å². The van der Waals surface area contributed by atoms with Crippen LogP contribution in [0.15, 0.2) is 24.4 Å². The number of nitrogens with one attached hydrogen (secondary N) is 1. The second kappa shape index (κ2) is 6.89. The van der Waals surface area contributed by atoms with Gasteiger partial charge in [-0.2, -0.15) is 0 Å². The van der Waals surface area contributed by atoms with E-state index in [-0.39, 0.29) is 18.4 Å². The van der Waals surface area contributed by atoms with E-state index in [1.165, 1.54) is 0 Å². The molecule has 0 aliphatic carbocycles. The SMILES string of the molecule is CC(N)c1cn(CCC(=O)Nc2cc(Cl)ccc2Cl)nn1. The van der Waals surface area contributed by atoms with Gasteiger partial charge in [-0.05, 0) is 25.1 Å². The third-order valence-corrected chi connectivity index (χ3v) is 3.36. The van der Waals surface area contributed by atoms with E-state index in [9.17, 15) is 4.79 Å². The Hall–Kier alpha value is -1.63. The summed E-state index contributed by atoms with van der Waals surface area (Å²) in [5.41, 5.74) is 6.87. The number of amides is 1. The van der Waals surface area contributed by atoms with Gasteiger partial charge in [-0.25, -0.2) is 0 Å². The smallest absolute Gasteiger partial charge is 0.226 e. The Kier molecular flexibility index (Phi) is 5.17. The Morgan fingerprint density at radius 3 is 2.90 bits per heavy atom. The second-order valence-electron chi connectivity index (χ2n) is 4.62. The van der Waals surface area contributed by atoms with Crippen LogP contribution in [-0.2, 0) is 11.3 Å². The molecule has 21 heavy (non-hydrogen) atoms. The van der Waals surface area contributed by atoms with Gasteiger partial charge in [0.25, 0.3) is 0 Å². The predicted octanol–water partition coefficient (Wildman–Crippen LogP) is 2.63. The van der Waals surface area contributed by atoms with Crippen LogP contribution < -0.4 is 11.1 Å². The number of aryl methyl sites for hydroxylation is 1. The van der Waals surface area contributed by atoms with Gasteiger partial charge in [-0.3, -0.25) is 9.48 Å². The van der Waals surface area contributed by atoms with E-state index in [2.05, 4.69) is 15.6 Å². The molecule has 1 amide bonds. The van der Waals surface area contributed by atoms with Gasteiger partial charge in [-0.15, -0.1) is 5.10 Å². The van der Waals surface area contributed by atoms with E-state index in [1.54, 1.807) is 29.1 Å². The largest absolute Gasteiger partial charge is 0.325 e. The summed E-state index contributed by atoms with van der Waals surface area (Å²) in [6.07, 6.45) is 1.97. The first kappa shape index (κ1) is 15.8. The lowest BCUT2D eigenvalue weighted by Gasteiger charge is -2.07. The molecule has 112 valence electrons. The third kappa shape index (κ3) is 4.42. The summed E-state index contributed by atoms with van der Waals surface area (Å²) in [6.45, 7) is 2.23. The molecule has 1 aromatic heterocycles. The van der Waals surface area contributed by atoms with Gasteiger partial charge >= 0.3 is 0 Å². The van der Waals surface area contributed by atoms with Crippen LogP contribution in [0.4, 0.5) is 5.69 Å². The fourth-order valence-electron chi connectivity index (χ4n) is 1.65. The lowest BCUT2D eigenvalue weighted by Crippen LogP contribution is -2.15. The molecule has 3 N–H and O–H groups in total. The minimum atomic E-state index is -0.183. The van der Waals surface area contributed by atoms with Gasteiger partial charge in [0.05, 0.1) is 29.1 Å². The Labute approximate surface area is 132 Å². The zero-order chi connectivity index (χ0) is 15.4. The van der Waals surface area contributed by atoms with E-state index < -0.39 is 0 Å². The first-order chi connectivity index (χ1) is 9.95. The first-order valence-electron chi connectivity index (χ1n) is 6.36. The quantitative estimate of drug-likeness (QED) is 0.883. The maximum atomic E-state index is 11.9. The average Bonchev–Trinajstić information content (AvgIpc) is 2.90. The molecule has 6 nitrogen and oxygen atoms in total. The molecule has 0 bridgehead atoms. The zero-order valence-corrected chi connectivity index (χ0v) is 12.9. The molecule has 0 aliphatic heterocycles. The molecule has 0 aliphatic rings. The number of carbonyl (C=O) groups excluding carboxylic acids is 1. The van der Waals surface area contributed by atoms with Crippen LogP contribution in [0.5, 0.6) is 0 Å². The molecule has 0 radical (unpaired) electrons. The fourth-order valence-corrected chi connectivity index (χ4v) is 1.99. The van der Waals surface area contributed by atoms with Crippen molar-refractivity contribution in [2.24, 2.45) is 5.73 Å². The third-order valence-electron chi connectivity index (χ3n) is 2.79. The van der Waals surface area contributed by atoms with Gasteiger partial charge in [0.15, 0.2) is 0 Å². The number of anilines is 1. The van der Waals surface area contributed by atoms with Crippen molar-refractivity contribution in [1.29, 1.82) is 0 Å². The van der Waals surface area contributed by atoms with Crippen LogP contribution in [0.25, 0.3) is 0 Å². The van der Waals surface area contributed by atoms with E-state index in [1.807, 2.05) is 6.92 Å². The van der Waals surface area contributed by atoms with Crippen molar-refractivity contribution in [3.8, 4) is 0 Å². The summed E-state index contributed by atoms with van der Waals surface area (Å²) in [6, 6.07) is 4.71. The molecule has 2 aromatic rings. The normalized spacial score (nSPS) is 12.2. The van der Waals surface area contributed by atoms with Crippen LogP contribution in [-0.4, -0.2) is 20.9 Å². The van der Waals surface area contributed by atoms with Crippen molar-refractivity contribution >= 4 is 34.8 Å². The second-order valence-corrected chi connectivity index (χ2v) is 5.46. The van der Waals surface area contributed by atoms with Crippen LogP contribution in [0.3, 0.4) is 0 Å². The molecular formula is C13H15Cl2N5O. The highest BCUT2D eigenvalue weighted by Gasteiger charge is 2.09. The van der Waals surface area contributed by atoms with Crippen molar-refractivity contribution in [3.63, 3.8) is 0 Å². The monoisotopic (exact) mass is 327 g/mol. The van der Waals surface area contributed by atoms with E-state index in [4.69, 9.17) is 28.9 Å². The maximum Gasteiger partial charge on any atom is 0.226 e. The minimum Gasteiger partial charge on any atom is -0.325 e. The molecule has 0 fully saturated rings. The Morgan fingerprint density at radius 2 is 2.24 bits per heavy atom. The molecule has 2 rings (SSSR count). The first-order valence-corrected chi connectivity index (χ1v) is 7.12. The Balaban J connectivity index is 1.91. The number of benzene rings is 1. The van der Waals surface area contributed by atoms with Crippen LogP contribution in [0, 0.1) is 0 Å². The summed E-state index contributed by atoms with van der Waals surface area (Å²) in [4.78, 5) is 11.9. The van der Waals surface area contributed by atoms with Crippen molar-refractivity contribution in [1.82, 2.24) is 15.0 Å². The van der Waals surface area contributed by atoms with Crippen molar-refractivity contribution in [2.75, 3.05) is 5.32 Å².